The molecule has 4 heteroatoms. The van der Waals surface area contributed by atoms with Crippen molar-refractivity contribution >= 4 is 41.3 Å². The van der Waals surface area contributed by atoms with Crippen molar-refractivity contribution < 1.29 is 0 Å². The zero-order valence-electron chi connectivity index (χ0n) is 36.6. The van der Waals surface area contributed by atoms with E-state index in [-0.39, 0.29) is 11.8 Å². The van der Waals surface area contributed by atoms with E-state index in [1.807, 2.05) is 86.1 Å². The van der Waals surface area contributed by atoms with Crippen LogP contribution in [-0.4, -0.2) is 22.1 Å². The molecule has 7 aromatic rings. The van der Waals surface area contributed by atoms with Crippen LogP contribution in [0.15, 0.2) is 198 Å². The smallest absolute Gasteiger partial charge is 0.159 e. The van der Waals surface area contributed by atoms with Crippen molar-refractivity contribution in [1.29, 1.82) is 0 Å². The fourth-order valence-corrected chi connectivity index (χ4v) is 8.43. The number of benzene rings is 5. The molecule has 1 aliphatic rings. The van der Waals surface area contributed by atoms with Crippen molar-refractivity contribution in [3.05, 3.63) is 227 Å². The summed E-state index contributed by atoms with van der Waals surface area (Å²) in [7, 11) is 2.17. The number of hydrogen-bond donors (Lipinski definition) is 0. The van der Waals surface area contributed by atoms with Gasteiger partial charge in [-0.25, -0.2) is 9.98 Å². The summed E-state index contributed by atoms with van der Waals surface area (Å²) in [5.41, 5.74) is 15.7. The number of hydrogen-bond acceptors (Lipinski definition) is 2. The highest BCUT2D eigenvalue weighted by Gasteiger charge is 2.25. The predicted molar refractivity (Wildman–Crippen MR) is 268 cm³/mol. The minimum Gasteiger partial charge on any atom is -0.344 e. The molecule has 62 heavy (non-hydrogen) atoms. The molecule has 5 aromatic carbocycles. The number of fused-ring (bicyclic) bond motifs is 3. The number of aliphatic imine (C=N–C) groups is 2. The van der Waals surface area contributed by atoms with E-state index in [0.29, 0.717) is 5.84 Å². The monoisotopic (exact) mass is 808 g/mol. The van der Waals surface area contributed by atoms with Crippen LogP contribution in [0.1, 0.15) is 78.6 Å². The molecule has 0 radical (unpaired) electrons. The fourth-order valence-electron chi connectivity index (χ4n) is 8.43. The first-order chi connectivity index (χ1) is 30.4. The van der Waals surface area contributed by atoms with E-state index < -0.39 is 0 Å². The highest BCUT2D eigenvalue weighted by Crippen LogP contribution is 2.44. The van der Waals surface area contributed by atoms with Gasteiger partial charge >= 0.3 is 0 Å². The molecule has 0 saturated carbocycles. The summed E-state index contributed by atoms with van der Waals surface area (Å²) in [6, 6.07) is 46.9. The van der Waals surface area contributed by atoms with Crippen LogP contribution in [0.25, 0.3) is 51.0 Å². The fraction of sp³-hybridized carbons (Fsp3) is 0.155. The first-order valence-electron chi connectivity index (χ1n) is 21.6. The van der Waals surface area contributed by atoms with E-state index in [2.05, 4.69) is 175 Å². The van der Waals surface area contributed by atoms with Crippen molar-refractivity contribution in [2.24, 2.45) is 23.0 Å². The molecule has 0 spiro atoms. The maximum atomic E-state index is 4.60. The molecular weight excluding hydrogens is 753 g/mol. The molecule has 0 N–H and O–H groups in total. The minimum atomic E-state index is 0.160. The van der Waals surface area contributed by atoms with Crippen LogP contribution in [0.5, 0.6) is 0 Å². The molecule has 0 amide bonds. The second kappa shape index (κ2) is 20.9. The number of amidine groups is 1. The van der Waals surface area contributed by atoms with Gasteiger partial charge in [0.1, 0.15) is 0 Å². The van der Waals surface area contributed by atoms with E-state index in [1.54, 1.807) is 0 Å². The molecule has 2 atom stereocenters. The molecule has 0 aliphatic heterocycles. The van der Waals surface area contributed by atoms with Gasteiger partial charge in [-0.2, -0.15) is 0 Å². The van der Waals surface area contributed by atoms with Gasteiger partial charge in [0.25, 0.3) is 0 Å². The van der Waals surface area contributed by atoms with Crippen LogP contribution in [0, 0.1) is 12.8 Å². The first kappa shape index (κ1) is 42.9. The maximum absolute atomic E-state index is 4.60. The molecule has 1 aliphatic carbocycles. The lowest BCUT2D eigenvalue weighted by Crippen LogP contribution is -2.12. The topological polar surface area (TPSA) is 42.5 Å². The molecule has 0 fully saturated rings. The Balaban J connectivity index is 0.000000254. The average Bonchev–Trinajstić information content (AvgIpc) is 3.43. The minimum absolute atomic E-state index is 0.160. The van der Waals surface area contributed by atoms with Crippen LogP contribution >= 0.6 is 0 Å². The second-order valence-electron chi connectivity index (χ2n) is 15.6. The summed E-state index contributed by atoms with van der Waals surface area (Å²) in [5.74, 6) is 1.07. The molecule has 4 nitrogen and oxygen atoms in total. The molecule has 0 bridgehead atoms. The molecule has 2 aromatic heterocycles. The van der Waals surface area contributed by atoms with Gasteiger partial charge in [-0.1, -0.05) is 178 Å². The quantitative estimate of drug-likeness (QED) is 0.0729. The number of aromatic nitrogens is 2. The standard InChI is InChI=1S/C41H40N2.C17H16N2/c1-5-6-7-9-16-29(2)40(32-18-15-26-42-28-32)35-20-12-13-21-36(35)41-30(3)17-14-22-33(41)31-24-25-39-37(27-31)34-19-10-8-11-23-38(34)43(39)4;1-3-16(14-10-6-4-7-11-14)19-17(18-2)15-12-8-5-9-13-15/h6-7,9-29,40H,5,8H2,1-4H3;3-13H,2H2,1H3/b7-6-,16-9-;16-3-,19-17?. The van der Waals surface area contributed by atoms with Crippen molar-refractivity contribution in [2.45, 2.75) is 46.5 Å². The van der Waals surface area contributed by atoms with Gasteiger partial charge in [0.05, 0.1) is 5.70 Å². The first-order valence-corrected chi connectivity index (χ1v) is 21.6. The van der Waals surface area contributed by atoms with Crippen molar-refractivity contribution in [1.82, 2.24) is 9.55 Å². The molecule has 2 unspecified atom stereocenters. The van der Waals surface area contributed by atoms with Gasteiger partial charge in [0, 0.05) is 53.1 Å². The lowest BCUT2D eigenvalue weighted by atomic mass is 9.77. The van der Waals surface area contributed by atoms with Gasteiger partial charge in [0.15, 0.2) is 5.84 Å². The Morgan fingerprint density at radius 3 is 2.26 bits per heavy atom. The summed E-state index contributed by atoms with van der Waals surface area (Å²) < 4.78 is 2.32. The normalized spacial score (nSPS) is 13.8. The van der Waals surface area contributed by atoms with Crippen LogP contribution in [-0.2, 0) is 7.05 Å². The summed E-state index contributed by atoms with van der Waals surface area (Å²) in [4.78, 5) is 13.2. The Hall–Kier alpha value is -7.17. The highest BCUT2D eigenvalue weighted by atomic mass is 14.9. The van der Waals surface area contributed by atoms with Crippen LogP contribution in [0.3, 0.4) is 0 Å². The van der Waals surface area contributed by atoms with Crippen molar-refractivity contribution in [3.63, 3.8) is 0 Å². The van der Waals surface area contributed by atoms with Gasteiger partial charge < -0.3 is 4.57 Å². The molecule has 2 heterocycles. The number of pyridine rings is 1. The third-order valence-electron chi connectivity index (χ3n) is 11.5. The Bertz CT molecular complexity index is 2800. The summed E-state index contributed by atoms with van der Waals surface area (Å²) >= 11 is 0. The van der Waals surface area contributed by atoms with E-state index >= 15 is 0 Å². The Kier molecular flexibility index (Phi) is 14.5. The number of nitrogens with zero attached hydrogens (tertiary/aromatic N) is 4. The lowest BCUT2D eigenvalue weighted by Gasteiger charge is -2.26. The van der Waals surface area contributed by atoms with Gasteiger partial charge in [0.2, 0.25) is 0 Å². The molecule has 8 rings (SSSR count). The predicted octanol–water partition coefficient (Wildman–Crippen LogP) is 15.1. The molecular formula is C58H56N4. The average molecular weight is 809 g/mol. The van der Waals surface area contributed by atoms with Crippen LogP contribution in [0.4, 0.5) is 0 Å². The zero-order valence-corrected chi connectivity index (χ0v) is 36.6. The van der Waals surface area contributed by atoms with E-state index in [1.165, 1.54) is 61.1 Å². The maximum Gasteiger partial charge on any atom is 0.159 e. The van der Waals surface area contributed by atoms with E-state index in [9.17, 15) is 0 Å². The van der Waals surface area contributed by atoms with Crippen LogP contribution < -0.4 is 0 Å². The highest BCUT2D eigenvalue weighted by molar-refractivity contribution is 6.04. The Morgan fingerprint density at radius 2 is 1.53 bits per heavy atom. The Labute approximate surface area is 368 Å². The zero-order chi connectivity index (χ0) is 43.3. The van der Waals surface area contributed by atoms with Crippen molar-refractivity contribution in [3.8, 4) is 22.3 Å². The Morgan fingerprint density at radius 1 is 0.806 bits per heavy atom. The largest absolute Gasteiger partial charge is 0.344 e. The van der Waals surface area contributed by atoms with Gasteiger partial charge in [-0.05, 0) is 108 Å². The summed E-state index contributed by atoms with van der Waals surface area (Å²) in [5, 5.41) is 1.30. The lowest BCUT2D eigenvalue weighted by molar-refractivity contribution is 0.623. The molecule has 0 saturated heterocycles. The summed E-state index contributed by atoms with van der Waals surface area (Å²) in [6.07, 6.45) is 25.8. The number of rotatable bonds is 11. The van der Waals surface area contributed by atoms with Gasteiger partial charge in [-0.3, -0.25) is 4.98 Å². The molecule has 308 valence electrons. The van der Waals surface area contributed by atoms with E-state index in [4.69, 9.17) is 0 Å². The summed E-state index contributed by atoms with van der Waals surface area (Å²) in [6.45, 7) is 12.3. The van der Waals surface area contributed by atoms with Gasteiger partial charge in [-0.15, -0.1) is 0 Å². The number of allylic oxidation sites excluding steroid dienone is 7. The van der Waals surface area contributed by atoms with Crippen LogP contribution in [0.2, 0.25) is 0 Å². The van der Waals surface area contributed by atoms with E-state index in [0.717, 1.165) is 29.7 Å². The second-order valence-corrected chi connectivity index (χ2v) is 15.6. The third kappa shape index (κ3) is 9.72. The third-order valence-corrected chi connectivity index (χ3v) is 11.5. The number of aryl methyl sites for hydroxylation is 2. The SMILES string of the molecule is C=NC(=N/C(=C\C)c1ccccc1)c1ccccc1.CC/C=C\C=C/C(C)C(c1cccnc1)c1ccccc1-c1c(C)cccc1-c1ccc2c(c1)c1c(n2C)C=CCC=C1. The van der Waals surface area contributed by atoms with Crippen molar-refractivity contribution in [2.75, 3.05) is 0 Å².